The Morgan fingerprint density at radius 1 is 1.19 bits per heavy atom. The second-order valence-corrected chi connectivity index (χ2v) is 6.90. The van der Waals surface area contributed by atoms with Crippen molar-refractivity contribution >= 4 is 21.8 Å². The molecular formula is C16H21NO3S. The Hall–Kier alpha value is -1.88. The molecule has 0 spiro atoms. The molecule has 0 fully saturated rings. The van der Waals surface area contributed by atoms with Gasteiger partial charge in [0.05, 0.1) is 11.5 Å². The summed E-state index contributed by atoms with van der Waals surface area (Å²) in [5.74, 6) is -0.317. The zero-order valence-electron chi connectivity index (χ0n) is 12.0. The molecule has 0 radical (unpaired) electrons. The second kappa shape index (κ2) is 9.13. The van der Waals surface area contributed by atoms with Crippen molar-refractivity contribution in [3.63, 3.8) is 0 Å². The maximum Gasteiger partial charge on any atom is 0.221 e. The van der Waals surface area contributed by atoms with Gasteiger partial charge in [-0.25, -0.2) is 8.42 Å². The van der Waals surface area contributed by atoms with Gasteiger partial charge < -0.3 is 5.32 Å². The number of hydrogen-bond donors (Lipinski definition) is 1. The van der Waals surface area contributed by atoms with Crippen molar-refractivity contribution in [2.75, 3.05) is 18.1 Å². The van der Waals surface area contributed by atoms with Gasteiger partial charge in [0.1, 0.15) is 0 Å². The minimum absolute atomic E-state index is 0.00134. The van der Waals surface area contributed by atoms with Crippen LogP contribution in [0.25, 0.3) is 6.08 Å². The quantitative estimate of drug-likeness (QED) is 0.711. The van der Waals surface area contributed by atoms with Crippen LogP contribution in [0.3, 0.4) is 0 Å². The predicted octanol–water partition coefficient (Wildman–Crippen LogP) is 2.20. The number of carbonyl (C=O) groups excluding carboxylic acids is 1. The van der Waals surface area contributed by atoms with Crippen LogP contribution in [0.4, 0.5) is 0 Å². The first kappa shape index (κ1) is 17.2. The van der Waals surface area contributed by atoms with Gasteiger partial charge in [-0.3, -0.25) is 4.79 Å². The number of sulfone groups is 1. The molecule has 0 aliphatic heterocycles. The van der Waals surface area contributed by atoms with Gasteiger partial charge in [-0.05, 0) is 12.0 Å². The first-order valence-corrected chi connectivity index (χ1v) is 8.65. The smallest absolute Gasteiger partial charge is 0.221 e. The summed E-state index contributed by atoms with van der Waals surface area (Å²) in [6, 6.07) is 9.74. The molecule has 1 aromatic rings. The fraction of sp³-hybridized carbons (Fsp3) is 0.312. The van der Waals surface area contributed by atoms with E-state index in [1.165, 1.54) is 0 Å². The number of allylic oxidation sites excluding steroid dienone is 1. The highest BCUT2D eigenvalue weighted by Gasteiger charge is 2.12. The van der Waals surface area contributed by atoms with Gasteiger partial charge in [-0.15, -0.1) is 6.58 Å². The highest BCUT2D eigenvalue weighted by molar-refractivity contribution is 7.91. The molecule has 0 bridgehead atoms. The zero-order valence-corrected chi connectivity index (χ0v) is 12.8. The van der Waals surface area contributed by atoms with Gasteiger partial charge in [0.15, 0.2) is 9.84 Å². The average molecular weight is 307 g/mol. The van der Waals surface area contributed by atoms with Crippen molar-refractivity contribution < 1.29 is 13.2 Å². The van der Waals surface area contributed by atoms with Crippen molar-refractivity contribution in [2.45, 2.75) is 12.8 Å². The average Bonchev–Trinajstić information content (AvgIpc) is 2.49. The molecule has 0 unspecified atom stereocenters. The van der Waals surface area contributed by atoms with Gasteiger partial charge >= 0.3 is 0 Å². The van der Waals surface area contributed by atoms with E-state index >= 15 is 0 Å². The Kier molecular flexibility index (Phi) is 7.46. The third-order valence-corrected chi connectivity index (χ3v) is 4.48. The molecule has 21 heavy (non-hydrogen) atoms. The van der Waals surface area contributed by atoms with E-state index in [1.807, 2.05) is 42.5 Å². The molecule has 0 atom stereocenters. The monoisotopic (exact) mass is 307 g/mol. The summed E-state index contributed by atoms with van der Waals surface area (Å²) in [4.78, 5) is 11.5. The third kappa shape index (κ3) is 8.09. The van der Waals surface area contributed by atoms with E-state index in [-0.39, 0.29) is 23.8 Å². The van der Waals surface area contributed by atoms with E-state index in [1.54, 1.807) is 6.08 Å². The molecule has 0 saturated heterocycles. The third-order valence-electron chi connectivity index (χ3n) is 2.80. The van der Waals surface area contributed by atoms with Crippen LogP contribution in [0, 0.1) is 0 Å². The molecule has 0 aliphatic rings. The molecule has 1 amide bonds. The first-order chi connectivity index (χ1) is 10.0. The lowest BCUT2D eigenvalue weighted by Gasteiger charge is -2.03. The molecule has 1 N–H and O–H groups in total. The van der Waals surface area contributed by atoms with Crippen molar-refractivity contribution in [3.8, 4) is 0 Å². The van der Waals surface area contributed by atoms with Crippen molar-refractivity contribution in [3.05, 3.63) is 54.6 Å². The van der Waals surface area contributed by atoms with Crippen LogP contribution in [0.15, 0.2) is 49.1 Å². The number of hydrogen-bond acceptors (Lipinski definition) is 3. The van der Waals surface area contributed by atoms with Gasteiger partial charge in [-0.1, -0.05) is 48.6 Å². The van der Waals surface area contributed by atoms with Crippen molar-refractivity contribution in [1.82, 2.24) is 5.32 Å². The Balaban J connectivity index is 2.25. The second-order valence-electron chi connectivity index (χ2n) is 4.60. The molecule has 0 saturated carbocycles. The minimum atomic E-state index is -3.16. The van der Waals surface area contributed by atoms with E-state index in [4.69, 9.17) is 0 Å². The zero-order chi connectivity index (χ0) is 15.6. The van der Waals surface area contributed by atoms with Gasteiger partial charge in [0.2, 0.25) is 5.91 Å². The van der Waals surface area contributed by atoms with E-state index in [9.17, 15) is 13.2 Å². The summed E-state index contributed by atoms with van der Waals surface area (Å²) >= 11 is 0. The Labute approximate surface area is 126 Å². The van der Waals surface area contributed by atoms with Crippen molar-refractivity contribution in [2.24, 2.45) is 0 Å². The van der Waals surface area contributed by atoms with Crippen LogP contribution < -0.4 is 5.32 Å². The Morgan fingerprint density at radius 2 is 1.90 bits per heavy atom. The lowest BCUT2D eigenvalue weighted by atomic mass is 10.2. The van der Waals surface area contributed by atoms with Gasteiger partial charge in [0.25, 0.3) is 0 Å². The molecule has 1 aromatic carbocycles. The number of nitrogens with one attached hydrogen (secondary N) is 1. The van der Waals surface area contributed by atoms with Crippen molar-refractivity contribution in [1.29, 1.82) is 0 Å². The molecule has 114 valence electrons. The lowest BCUT2D eigenvalue weighted by Crippen LogP contribution is -2.26. The van der Waals surface area contributed by atoms with Crippen LogP contribution >= 0.6 is 0 Å². The number of rotatable bonds is 9. The highest BCUT2D eigenvalue weighted by Crippen LogP contribution is 2.00. The van der Waals surface area contributed by atoms with E-state index in [0.29, 0.717) is 13.0 Å². The highest BCUT2D eigenvalue weighted by atomic mass is 32.2. The summed E-state index contributed by atoms with van der Waals surface area (Å²) in [7, 11) is -3.16. The Bertz CT molecular complexity index is 577. The molecule has 1 rings (SSSR count). The molecule has 0 aromatic heterocycles. The van der Waals surface area contributed by atoms with Crippen LogP contribution in [-0.2, 0) is 14.6 Å². The van der Waals surface area contributed by atoms with E-state index in [2.05, 4.69) is 11.9 Å². The minimum Gasteiger partial charge on any atom is -0.353 e. The number of benzene rings is 1. The van der Waals surface area contributed by atoms with Gasteiger partial charge in [-0.2, -0.15) is 0 Å². The fourth-order valence-corrected chi connectivity index (χ4v) is 2.86. The van der Waals surface area contributed by atoms with Gasteiger partial charge in [0, 0.05) is 13.0 Å². The molecule has 5 heteroatoms. The SMILES string of the molecule is C=CCCS(=O)(=O)CCC(=O)NCC=Cc1ccccc1. The topological polar surface area (TPSA) is 63.2 Å². The van der Waals surface area contributed by atoms with E-state index in [0.717, 1.165) is 5.56 Å². The van der Waals surface area contributed by atoms with Crippen LogP contribution in [0.2, 0.25) is 0 Å². The number of carbonyl (C=O) groups is 1. The summed E-state index contributed by atoms with van der Waals surface area (Å²) < 4.78 is 23.1. The largest absolute Gasteiger partial charge is 0.353 e. The summed E-state index contributed by atoms with van der Waals surface area (Å²) in [5.41, 5.74) is 1.05. The summed E-state index contributed by atoms with van der Waals surface area (Å²) in [6.07, 6.45) is 5.72. The maximum absolute atomic E-state index is 11.6. The van der Waals surface area contributed by atoms with Crippen LogP contribution in [0.1, 0.15) is 18.4 Å². The van der Waals surface area contributed by atoms with E-state index < -0.39 is 9.84 Å². The summed E-state index contributed by atoms with van der Waals surface area (Å²) in [6.45, 7) is 3.87. The standard InChI is InChI=1S/C16H21NO3S/c1-2-3-13-21(19,20)14-11-16(18)17-12-7-10-15-8-5-4-6-9-15/h2,4-10H,1,3,11-14H2,(H,17,18). The molecule has 0 heterocycles. The lowest BCUT2D eigenvalue weighted by molar-refractivity contribution is -0.120. The molecule has 4 nitrogen and oxygen atoms in total. The van der Waals surface area contributed by atoms with Crippen LogP contribution in [0.5, 0.6) is 0 Å². The predicted molar refractivity (Wildman–Crippen MR) is 86.6 cm³/mol. The maximum atomic E-state index is 11.6. The first-order valence-electron chi connectivity index (χ1n) is 6.83. The molecular weight excluding hydrogens is 286 g/mol. The fourth-order valence-electron chi connectivity index (χ4n) is 1.63. The molecule has 0 aliphatic carbocycles. The normalized spacial score (nSPS) is 11.4. The Morgan fingerprint density at radius 3 is 2.57 bits per heavy atom. The van der Waals surface area contributed by atoms with Crippen LogP contribution in [-0.4, -0.2) is 32.4 Å². The summed E-state index contributed by atoms with van der Waals surface area (Å²) in [5, 5.41) is 2.67. The number of amides is 1.